The molecule has 2 saturated heterocycles. The Morgan fingerprint density at radius 2 is 2.00 bits per heavy atom. The van der Waals surface area contributed by atoms with E-state index in [0.717, 1.165) is 45.0 Å². The number of hydrogen-bond acceptors (Lipinski definition) is 6. The molecule has 3 heterocycles. The highest BCUT2D eigenvalue weighted by molar-refractivity contribution is 6.00. The van der Waals surface area contributed by atoms with Gasteiger partial charge in [0, 0.05) is 44.4 Å². The number of rotatable bonds is 6. The van der Waals surface area contributed by atoms with Gasteiger partial charge in [0.05, 0.1) is 19.1 Å². The second-order valence-corrected chi connectivity index (χ2v) is 7.04. The largest absolute Gasteiger partial charge is 0.454 e. The number of nitrogens with zero attached hydrogens (tertiary/aromatic N) is 2. The van der Waals surface area contributed by atoms with Gasteiger partial charge >= 0.3 is 0 Å². The zero-order valence-corrected chi connectivity index (χ0v) is 15.3. The minimum Gasteiger partial charge on any atom is -0.454 e. The third-order valence-corrected chi connectivity index (χ3v) is 5.22. The highest BCUT2D eigenvalue weighted by atomic mass is 16.7. The normalized spacial score (nSPS) is 22.3. The van der Waals surface area contributed by atoms with E-state index in [1.807, 2.05) is 6.07 Å². The van der Waals surface area contributed by atoms with E-state index in [0.29, 0.717) is 24.6 Å². The molecule has 0 radical (unpaired) electrons. The Balaban J connectivity index is 1.25. The first-order valence-electron chi connectivity index (χ1n) is 9.48. The summed E-state index contributed by atoms with van der Waals surface area (Å²) in [4.78, 5) is 28.8. The van der Waals surface area contributed by atoms with Crippen molar-refractivity contribution in [3.63, 3.8) is 0 Å². The molecule has 8 nitrogen and oxygen atoms in total. The number of carbonyl (C=O) groups is 2. The quantitative estimate of drug-likeness (QED) is 0.734. The van der Waals surface area contributed by atoms with Crippen molar-refractivity contribution in [3.05, 3.63) is 18.2 Å². The first kappa shape index (κ1) is 18.1. The number of hydrogen-bond donors (Lipinski definition) is 1. The van der Waals surface area contributed by atoms with Gasteiger partial charge in [0.25, 0.3) is 0 Å². The fourth-order valence-corrected chi connectivity index (χ4v) is 3.67. The molecule has 4 rings (SSSR count). The van der Waals surface area contributed by atoms with Gasteiger partial charge < -0.3 is 24.4 Å². The van der Waals surface area contributed by atoms with E-state index >= 15 is 0 Å². The predicted molar refractivity (Wildman–Crippen MR) is 97.9 cm³/mol. The molecule has 3 aliphatic rings. The second-order valence-electron chi connectivity index (χ2n) is 7.04. The van der Waals surface area contributed by atoms with Crippen LogP contribution in [0.15, 0.2) is 18.2 Å². The molecular formula is C19H25N3O5. The van der Waals surface area contributed by atoms with Crippen LogP contribution in [0.1, 0.15) is 12.8 Å². The molecule has 1 atom stereocenters. The SMILES string of the molecule is O=C(NCCCN1CCOCC1)C1CC(=O)N(c2ccc3c(c2)OCO3)C1. The van der Waals surface area contributed by atoms with Gasteiger partial charge in [-0.1, -0.05) is 0 Å². The summed E-state index contributed by atoms with van der Waals surface area (Å²) >= 11 is 0. The standard InChI is InChI=1S/C19H25N3O5/c23-18-10-14(19(24)20-4-1-5-21-6-8-25-9-7-21)12-22(18)15-2-3-16-17(11-15)27-13-26-16/h2-3,11,14H,1,4-10,12-13H2,(H,20,24). The molecule has 8 heteroatoms. The predicted octanol–water partition coefficient (Wildman–Crippen LogP) is 0.607. The number of benzene rings is 1. The Kier molecular flexibility index (Phi) is 5.45. The maximum atomic E-state index is 12.4. The molecule has 2 amide bonds. The molecule has 0 aromatic heterocycles. The van der Waals surface area contributed by atoms with Crippen molar-refractivity contribution in [2.45, 2.75) is 12.8 Å². The minimum atomic E-state index is -0.314. The summed E-state index contributed by atoms with van der Waals surface area (Å²) < 4.78 is 16.0. The Bertz CT molecular complexity index is 705. The number of amides is 2. The molecule has 1 N–H and O–H groups in total. The lowest BCUT2D eigenvalue weighted by Gasteiger charge is -2.26. The van der Waals surface area contributed by atoms with E-state index < -0.39 is 0 Å². The van der Waals surface area contributed by atoms with Crippen LogP contribution in [0.25, 0.3) is 0 Å². The molecule has 146 valence electrons. The van der Waals surface area contributed by atoms with Crippen molar-refractivity contribution in [3.8, 4) is 11.5 Å². The Morgan fingerprint density at radius 1 is 1.19 bits per heavy atom. The smallest absolute Gasteiger partial charge is 0.231 e. The van der Waals surface area contributed by atoms with Crippen LogP contribution in [0.3, 0.4) is 0 Å². The second kappa shape index (κ2) is 8.14. The van der Waals surface area contributed by atoms with Crippen LogP contribution >= 0.6 is 0 Å². The monoisotopic (exact) mass is 375 g/mol. The summed E-state index contributed by atoms with van der Waals surface area (Å²) in [5.74, 6) is 0.915. The average Bonchev–Trinajstić information content (AvgIpc) is 3.31. The van der Waals surface area contributed by atoms with Gasteiger partial charge in [-0.3, -0.25) is 14.5 Å². The van der Waals surface area contributed by atoms with Crippen LogP contribution < -0.4 is 19.7 Å². The molecule has 0 spiro atoms. The van der Waals surface area contributed by atoms with Gasteiger partial charge in [-0.15, -0.1) is 0 Å². The van der Waals surface area contributed by atoms with E-state index in [-0.39, 0.29) is 30.9 Å². The zero-order valence-electron chi connectivity index (χ0n) is 15.3. The Labute approximate surface area is 158 Å². The number of fused-ring (bicyclic) bond motifs is 1. The maximum Gasteiger partial charge on any atom is 0.231 e. The lowest BCUT2D eigenvalue weighted by Crippen LogP contribution is -2.39. The molecule has 3 aliphatic heterocycles. The van der Waals surface area contributed by atoms with E-state index in [9.17, 15) is 9.59 Å². The van der Waals surface area contributed by atoms with Crippen molar-refractivity contribution in [1.82, 2.24) is 10.2 Å². The summed E-state index contributed by atoms with van der Waals surface area (Å²) in [7, 11) is 0. The first-order valence-corrected chi connectivity index (χ1v) is 9.48. The summed E-state index contributed by atoms with van der Waals surface area (Å²) in [5.41, 5.74) is 0.742. The third-order valence-electron chi connectivity index (χ3n) is 5.22. The number of carbonyl (C=O) groups excluding carboxylic acids is 2. The van der Waals surface area contributed by atoms with Crippen molar-refractivity contribution >= 4 is 17.5 Å². The maximum absolute atomic E-state index is 12.4. The molecule has 0 aliphatic carbocycles. The average molecular weight is 375 g/mol. The van der Waals surface area contributed by atoms with E-state index in [1.165, 1.54) is 0 Å². The summed E-state index contributed by atoms with van der Waals surface area (Å²) in [6.07, 6.45) is 1.14. The minimum absolute atomic E-state index is 0.0395. The van der Waals surface area contributed by atoms with Gasteiger partial charge in [0.2, 0.25) is 18.6 Å². The number of ether oxygens (including phenoxy) is 3. The highest BCUT2D eigenvalue weighted by Crippen LogP contribution is 2.37. The first-order chi connectivity index (χ1) is 13.2. The van der Waals surface area contributed by atoms with Crippen LogP contribution in [-0.2, 0) is 14.3 Å². The molecule has 0 saturated carbocycles. The van der Waals surface area contributed by atoms with Crippen LogP contribution in [0.2, 0.25) is 0 Å². The Hall–Kier alpha value is -2.32. The summed E-state index contributed by atoms with van der Waals surface area (Å²) in [6.45, 7) is 5.65. The fraction of sp³-hybridized carbons (Fsp3) is 0.579. The lowest BCUT2D eigenvalue weighted by atomic mass is 10.1. The molecular weight excluding hydrogens is 350 g/mol. The van der Waals surface area contributed by atoms with Crippen LogP contribution in [0.5, 0.6) is 11.5 Å². The number of morpholine rings is 1. The van der Waals surface area contributed by atoms with Crippen molar-refractivity contribution in [1.29, 1.82) is 0 Å². The van der Waals surface area contributed by atoms with E-state index in [4.69, 9.17) is 14.2 Å². The van der Waals surface area contributed by atoms with Gasteiger partial charge in [-0.05, 0) is 25.1 Å². The molecule has 1 aromatic carbocycles. The lowest BCUT2D eigenvalue weighted by molar-refractivity contribution is -0.126. The van der Waals surface area contributed by atoms with Crippen LogP contribution in [0.4, 0.5) is 5.69 Å². The highest BCUT2D eigenvalue weighted by Gasteiger charge is 2.35. The van der Waals surface area contributed by atoms with Crippen molar-refractivity contribution in [2.24, 2.45) is 5.92 Å². The summed E-state index contributed by atoms with van der Waals surface area (Å²) in [6, 6.07) is 5.42. The molecule has 1 unspecified atom stereocenters. The number of anilines is 1. The summed E-state index contributed by atoms with van der Waals surface area (Å²) in [5, 5.41) is 2.98. The molecule has 0 bridgehead atoms. The zero-order chi connectivity index (χ0) is 18.6. The topological polar surface area (TPSA) is 80.3 Å². The van der Waals surface area contributed by atoms with Gasteiger partial charge in [-0.25, -0.2) is 0 Å². The van der Waals surface area contributed by atoms with Crippen molar-refractivity contribution in [2.75, 3.05) is 57.6 Å². The van der Waals surface area contributed by atoms with Crippen LogP contribution in [0, 0.1) is 5.92 Å². The fourth-order valence-electron chi connectivity index (χ4n) is 3.67. The van der Waals surface area contributed by atoms with Crippen LogP contribution in [-0.4, -0.2) is 69.4 Å². The third kappa shape index (κ3) is 4.17. The Morgan fingerprint density at radius 3 is 2.85 bits per heavy atom. The molecule has 2 fully saturated rings. The number of nitrogens with one attached hydrogen (secondary N) is 1. The van der Waals surface area contributed by atoms with E-state index in [1.54, 1.807) is 17.0 Å². The molecule has 27 heavy (non-hydrogen) atoms. The van der Waals surface area contributed by atoms with Gasteiger partial charge in [0.1, 0.15) is 0 Å². The van der Waals surface area contributed by atoms with Gasteiger partial charge in [0.15, 0.2) is 11.5 Å². The van der Waals surface area contributed by atoms with E-state index in [2.05, 4.69) is 10.2 Å². The van der Waals surface area contributed by atoms with Gasteiger partial charge in [-0.2, -0.15) is 0 Å². The molecule has 1 aromatic rings. The van der Waals surface area contributed by atoms with Crippen molar-refractivity contribution < 1.29 is 23.8 Å².